The molecule has 0 bridgehead atoms. The fourth-order valence-corrected chi connectivity index (χ4v) is 4.78. The summed E-state index contributed by atoms with van der Waals surface area (Å²) in [6.45, 7) is 0.218. The van der Waals surface area contributed by atoms with Crippen LogP contribution in [0.5, 0.6) is 5.75 Å². The number of hydrogen-bond donors (Lipinski definition) is 2. The second-order valence-electron chi connectivity index (χ2n) is 7.78. The van der Waals surface area contributed by atoms with E-state index in [1.54, 1.807) is 30.1 Å². The molecule has 0 radical (unpaired) electrons. The molecular weight excluding hydrogens is 420 g/mol. The lowest BCUT2D eigenvalue weighted by molar-refractivity contribution is -0.148. The average molecular weight is 445 g/mol. The number of likely N-dealkylation sites (N-methyl/N-ethyl adjacent to an activating group) is 1. The molecule has 3 atom stereocenters. The maximum Gasteiger partial charge on any atom is 0.305 e. The monoisotopic (exact) mass is 444 g/mol. The standard InChI is InChI=1S/C22H24N2O6S/c1-24-17-6-5-14(10-21(26)27)30-19(17)12-29-18-7-4-13(9-16(18)22(24)28)23-20(25)11-15-3-2-8-31-15/h2-4,7-9,14,17,19H,5-6,10-12H2,1H3,(H,23,25)(H,26,27)/t14-,17-,19-/m1/s1. The van der Waals surface area contributed by atoms with Crippen LogP contribution in [0.4, 0.5) is 5.69 Å². The Labute approximate surface area is 183 Å². The van der Waals surface area contributed by atoms with Crippen molar-refractivity contribution in [2.24, 2.45) is 0 Å². The van der Waals surface area contributed by atoms with E-state index in [4.69, 9.17) is 14.6 Å². The zero-order valence-electron chi connectivity index (χ0n) is 17.1. The lowest BCUT2D eigenvalue weighted by Crippen LogP contribution is -2.53. The molecule has 4 rings (SSSR count). The van der Waals surface area contributed by atoms with Crippen LogP contribution in [0.2, 0.25) is 0 Å². The van der Waals surface area contributed by atoms with E-state index in [1.807, 2.05) is 17.5 Å². The molecule has 0 spiro atoms. The number of aliphatic carboxylic acids is 1. The molecule has 0 aliphatic carbocycles. The number of carboxylic acids is 1. The minimum atomic E-state index is -0.904. The number of ether oxygens (including phenoxy) is 2. The molecule has 1 saturated heterocycles. The minimum Gasteiger partial charge on any atom is -0.490 e. The third-order valence-electron chi connectivity index (χ3n) is 5.61. The molecule has 1 aromatic heterocycles. The van der Waals surface area contributed by atoms with Crippen LogP contribution >= 0.6 is 11.3 Å². The predicted molar refractivity (Wildman–Crippen MR) is 115 cm³/mol. The van der Waals surface area contributed by atoms with E-state index >= 15 is 0 Å². The SMILES string of the molecule is CN1C(=O)c2cc(NC(=O)Cc3cccs3)ccc2OC[C@H]2O[C@@H](CC(=O)O)CC[C@H]21. The third kappa shape index (κ3) is 4.88. The summed E-state index contributed by atoms with van der Waals surface area (Å²) in [7, 11) is 1.72. The first-order chi connectivity index (χ1) is 14.9. The molecule has 1 fully saturated rings. The number of rotatable bonds is 5. The molecule has 2 aliphatic heterocycles. The maximum atomic E-state index is 13.2. The molecule has 2 aliphatic rings. The largest absolute Gasteiger partial charge is 0.490 e. The highest BCUT2D eigenvalue weighted by Crippen LogP contribution is 2.32. The number of benzene rings is 1. The molecule has 0 unspecified atom stereocenters. The van der Waals surface area contributed by atoms with Crippen molar-refractivity contribution in [3.8, 4) is 5.75 Å². The second kappa shape index (κ2) is 9.07. The Morgan fingerprint density at radius 3 is 2.87 bits per heavy atom. The van der Waals surface area contributed by atoms with Crippen molar-refractivity contribution in [1.82, 2.24) is 4.90 Å². The maximum absolute atomic E-state index is 13.2. The van der Waals surface area contributed by atoms with Crippen molar-refractivity contribution in [2.75, 3.05) is 19.0 Å². The fourth-order valence-electron chi connectivity index (χ4n) is 4.08. The molecular formula is C22H24N2O6S. The number of carboxylic acid groups (broad SMARTS) is 1. The highest BCUT2D eigenvalue weighted by atomic mass is 32.1. The Kier molecular flexibility index (Phi) is 6.24. The Morgan fingerprint density at radius 1 is 1.29 bits per heavy atom. The van der Waals surface area contributed by atoms with Crippen molar-refractivity contribution in [3.63, 3.8) is 0 Å². The van der Waals surface area contributed by atoms with E-state index in [9.17, 15) is 14.4 Å². The lowest BCUT2D eigenvalue weighted by Gasteiger charge is -2.42. The zero-order valence-corrected chi connectivity index (χ0v) is 17.9. The summed E-state index contributed by atoms with van der Waals surface area (Å²) in [6, 6.07) is 8.60. The first-order valence-electron chi connectivity index (χ1n) is 10.1. The van der Waals surface area contributed by atoms with Crippen LogP contribution in [0, 0.1) is 0 Å². The van der Waals surface area contributed by atoms with Crippen LogP contribution in [0.25, 0.3) is 0 Å². The van der Waals surface area contributed by atoms with Gasteiger partial charge in [-0.15, -0.1) is 11.3 Å². The molecule has 8 nitrogen and oxygen atoms in total. The van der Waals surface area contributed by atoms with Gasteiger partial charge in [-0.1, -0.05) is 6.07 Å². The van der Waals surface area contributed by atoms with E-state index < -0.39 is 12.1 Å². The van der Waals surface area contributed by atoms with Crippen LogP contribution in [0.15, 0.2) is 35.7 Å². The van der Waals surface area contributed by atoms with Gasteiger partial charge in [0, 0.05) is 17.6 Å². The van der Waals surface area contributed by atoms with Gasteiger partial charge in [-0.2, -0.15) is 0 Å². The molecule has 2 aromatic rings. The number of nitrogens with one attached hydrogen (secondary N) is 1. The normalized spacial score (nSPS) is 23.1. The molecule has 2 amide bonds. The first kappa shape index (κ1) is 21.3. The van der Waals surface area contributed by atoms with Gasteiger partial charge in [-0.3, -0.25) is 14.4 Å². The number of fused-ring (bicyclic) bond motifs is 2. The van der Waals surface area contributed by atoms with E-state index in [0.717, 1.165) is 4.88 Å². The summed E-state index contributed by atoms with van der Waals surface area (Å²) in [5.74, 6) is -0.867. The summed E-state index contributed by atoms with van der Waals surface area (Å²) in [6.07, 6.45) is 0.636. The smallest absolute Gasteiger partial charge is 0.305 e. The minimum absolute atomic E-state index is 0.0635. The predicted octanol–water partition coefficient (Wildman–Crippen LogP) is 2.78. The van der Waals surface area contributed by atoms with Gasteiger partial charge in [0.05, 0.1) is 30.6 Å². The van der Waals surface area contributed by atoms with Crippen LogP contribution in [0.1, 0.15) is 34.5 Å². The zero-order chi connectivity index (χ0) is 22.0. The van der Waals surface area contributed by atoms with E-state index in [-0.39, 0.29) is 43.4 Å². The van der Waals surface area contributed by atoms with Gasteiger partial charge in [0.25, 0.3) is 5.91 Å². The molecule has 31 heavy (non-hydrogen) atoms. The van der Waals surface area contributed by atoms with Crippen LogP contribution < -0.4 is 10.1 Å². The quantitative estimate of drug-likeness (QED) is 0.735. The highest BCUT2D eigenvalue weighted by Gasteiger charge is 2.39. The van der Waals surface area contributed by atoms with Crippen molar-refractivity contribution in [3.05, 3.63) is 46.2 Å². The Hall–Kier alpha value is -2.91. The van der Waals surface area contributed by atoms with Gasteiger partial charge in [0.1, 0.15) is 18.5 Å². The van der Waals surface area contributed by atoms with E-state index in [2.05, 4.69) is 5.32 Å². The Morgan fingerprint density at radius 2 is 2.13 bits per heavy atom. The number of anilines is 1. The average Bonchev–Trinajstić information content (AvgIpc) is 3.23. The Bertz CT molecular complexity index is 976. The summed E-state index contributed by atoms with van der Waals surface area (Å²) >= 11 is 1.52. The van der Waals surface area contributed by atoms with Gasteiger partial charge in [0.2, 0.25) is 5.91 Å². The Balaban J connectivity index is 1.49. The molecule has 9 heteroatoms. The van der Waals surface area contributed by atoms with Gasteiger partial charge in [-0.25, -0.2) is 0 Å². The van der Waals surface area contributed by atoms with Gasteiger partial charge < -0.3 is 24.8 Å². The summed E-state index contributed by atoms with van der Waals surface area (Å²) < 4.78 is 11.8. The lowest BCUT2D eigenvalue weighted by atomic mass is 9.94. The first-order valence-corrected chi connectivity index (χ1v) is 11.0. The number of carbonyl (C=O) groups excluding carboxylic acids is 2. The van der Waals surface area contributed by atoms with Crippen molar-refractivity contribution in [1.29, 1.82) is 0 Å². The topological polar surface area (TPSA) is 105 Å². The molecule has 0 saturated carbocycles. The van der Waals surface area contributed by atoms with Crippen molar-refractivity contribution < 1.29 is 29.0 Å². The summed E-state index contributed by atoms with van der Waals surface area (Å²) in [5.41, 5.74) is 0.909. The van der Waals surface area contributed by atoms with Gasteiger partial charge >= 0.3 is 5.97 Å². The van der Waals surface area contributed by atoms with E-state index in [1.165, 1.54) is 11.3 Å². The van der Waals surface area contributed by atoms with Gasteiger partial charge in [-0.05, 0) is 42.5 Å². The van der Waals surface area contributed by atoms with Crippen LogP contribution in [0.3, 0.4) is 0 Å². The summed E-state index contributed by atoms with van der Waals surface area (Å²) in [5, 5.41) is 13.8. The number of amides is 2. The molecule has 1 aromatic carbocycles. The van der Waals surface area contributed by atoms with Crippen molar-refractivity contribution in [2.45, 2.75) is 43.9 Å². The highest BCUT2D eigenvalue weighted by molar-refractivity contribution is 7.10. The van der Waals surface area contributed by atoms with E-state index in [0.29, 0.717) is 29.8 Å². The number of carbonyl (C=O) groups is 3. The number of hydrogen-bond acceptors (Lipinski definition) is 6. The third-order valence-corrected chi connectivity index (χ3v) is 6.49. The number of nitrogens with zero attached hydrogens (tertiary/aromatic N) is 1. The second-order valence-corrected chi connectivity index (χ2v) is 8.81. The van der Waals surface area contributed by atoms with Crippen LogP contribution in [-0.4, -0.2) is 59.7 Å². The molecule has 164 valence electrons. The fraction of sp³-hybridized carbons (Fsp3) is 0.409. The molecule has 3 heterocycles. The van der Waals surface area contributed by atoms with Crippen LogP contribution in [-0.2, 0) is 20.7 Å². The summed E-state index contributed by atoms with van der Waals surface area (Å²) in [4.78, 5) is 39.1. The number of thiophene rings is 1. The van der Waals surface area contributed by atoms with Crippen molar-refractivity contribution >= 4 is 34.8 Å². The molecule has 2 N–H and O–H groups in total. The van der Waals surface area contributed by atoms with Gasteiger partial charge in [0.15, 0.2) is 0 Å².